The van der Waals surface area contributed by atoms with Gasteiger partial charge in [0.15, 0.2) is 0 Å². The first-order valence-corrected chi connectivity index (χ1v) is 9.17. The molecule has 0 spiro atoms. The van der Waals surface area contributed by atoms with E-state index in [0.717, 1.165) is 30.6 Å². The Hall–Kier alpha value is -0.530. The number of hydrogen-bond acceptors (Lipinski definition) is 1. The maximum Gasteiger partial charge on any atom is 0.306 e. The van der Waals surface area contributed by atoms with E-state index < -0.39 is 5.97 Å². The zero-order chi connectivity index (χ0) is 14.8. The molecule has 1 unspecified atom stereocenters. The third-order valence-electron chi connectivity index (χ3n) is 8.45. The third kappa shape index (κ3) is 1.86. The van der Waals surface area contributed by atoms with Crippen LogP contribution in [0, 0.1) is 40.4 Å². The minimum Gasteiger partial charge on any atom is -0.481 e. The van der Waals surface area contributed by atoms with Gasteiger partial charge in [-0.25, -0.2) is 0 Å². The summed E-state index contributed by atoms with van der Waals surface area (Å²) in [5.74, 6) is 2.75. The number of carbonyl (C=O) groups is 1. The van der Waals surface area contributed by atoms with Crippen molar-refractivity contribution in [1.29, 1.82) is 0 Å². The highest BCUT2D eigenvalue weighted by Gasteiger charge is 2.59. The summed E-state index contributed by atoms with van der Waals surface area (Å²) in [6, 6.07) is 0. The normalized spacial score (nSPS) is 55.6. The van der Waals surface area contributed by atoms with Gasteiger partial charge in [0.1, 0.15) is 0 Å². The van der Waals surface area contributed by atoms with Gasteiger partial charge in [0.25, 0.3) is 0 Å². The lowest BCUT2D eigenvalue weighted by atomic mass is 9.48. The first kappa shape index (κ1) is 14.1. The second-order valence-electron chi connectivity index (χ2n) is 9.22. The van der Waals surface area contributed by atoms with Crippen molar-refractivity contribution < 1.29 is 9.90 Å². The first-order chi connectivity index (χ1) is 9.94. The van der Waals surface area contributed by atoms with Gasteiger partial charge >= 0.3 is 5.97 Å². The molecule has 4 aliphatic carbocycles. The van der Waals surface area contributed by atoms with Crippen LogP contribution >= 0.6 is 0 Å². The summed E-state index contributed by atoms with van der Waals surface area (Å²) in [6.07, 6.45) is 11.7. The quantitative estimate of drug-likeness (QED) is 0.758. The third-order valence-corrected chi connectivity index (χ3v) is 8.45. The van der Waals surface area contributed by atoms with Gasteiger partial charge in [-0.1, -0.05) is 20.3 Å². The van der Waals surface area contributed by atoms with Gasteiger partial charge < -0.3 is 5.11 Å². The summed E-state index contributed by atoms with van der Waals surface area (Å²) in [6.45, 7) is 5.00. The predicted molar refractivity (Wildman–Crippen MR) is 82.9 cm³/mol. The number of hydrogen-bond donors (Lipinski definition) is 1. The summed E-state index contributed by atoms with van der Waals surface area (Å²) in [5, 5.41) is 9.46. The second-order valence-corrected chi connectivity index (χ2v) is 9.22. The van der Waals surface area contributed by atoms with Crippen LogP contribution in [-0.4, -0.2) is 11.1 Å². The topological polar surface area (TPSA) is 37.3 Å². The van der Waals surface area contributed by atoms with Crippen molar-refractivity contribution in [1.82, 2.24) is 0 Å². The van der Waals surface area contributed by atoms with E-state index in [2.05, 4.69) is 13.8 Å². The van der Waals surface area contributed by atoms with Crippen molar-refractivity contribution in [2.45, 2.75) is 71.6 Å². The molecule has 4 aliphatic rings. The second kappa shape index (κ2) is 4.49. The molecule has 2 heteroatoms. The molecule has 1 N–H and O–H groups in total. The summed E-state index contributed by atoms with van der Waals surface area (Å²) >= 11 is 0. The lowest BCUT2D eigenvalue weighted by Gasteiger charge is -2.56. The molecule has 21 heavy (non-hydrogen) atoms. The molecular weight excluding hydrogens is 260 g/mol. The molecule has 4 fully saturated rings. The largest absolute Gasteiger partial charge is 0.481 e. The Morgan fingerprint density at radius 1 is 1.05 bits per heavy atom. The molecule has 4 rings (SSSR count). The van der Waals surface area contributed by atoms with E-state index >= 15 is 0 Å². The highest BCUT2D eigenvalue weighted by atomic mass is 16.4. The van der Waals surface area contributed by atoms with Gasteiger partial charge in [0.05, 0.1) is 5.92 Å². The average Bonchev–Trinajstić information content (AvgIpc) is 2.98. The first-order valence-electron chi connectivity index (χ1n) is 9.17. The van der Waals surface area contributed by atoms with Crippen LogP contribution in [0.4, 0.5) is 0 Å². The van der Waals surface area contributed by atoms with Gasteiger partial charge in [0, 0.05) is 0 Å². The maximum atomic E-state index is 11.5. The number of aliphatic carboxylic acids is 1. The van der Waals surface area contributed by atoms with Crippen molar-refractivity contribution in [3.8, 4) is 0 Å². The fraction of sp³-hybridized carbons (Fsp3) is 0.947. The zero-order valence-corrected chi connectivity index (χ0v) is 13.6. The van der Waals surface area contributed by atoms with E-state index in [4.69, 9.17) is 0 Å². The molecule has 0 aliphatic heterocycles. The Balaban J connectivity index is 1.62. The van der Waals surface area contributed by atoms with Crippen LogP contribution in [0.2, 0.25) is 0 Å². The molecular formula is C19H30O2. The molecule has 0 aromatic heterocycles. The molecule has 0 bridgehead atoms. The SMILES string of the molecule is C[C@@]12CCC[C@H]1[C@@H]1CC[C@H]3CC(C(=O)O)C[C@]3(C)[C@H]1CC2. The van der Waals surface area contributed by atoms with E-state index in [1.54, 1.807) is 0 Å². The lowest BCUT2D eigenvalue weighted by Crippen LogP contribution is -2.49. The number of rotatable bonds is 1. The van der Waals surface area contributed by atoms with Crippen LogP contribution < -0.4 is 0 Å². The number of carboxylic acid groups (broad SMARTS) is 1. The number of fused-ring (bicyclic) bond motifs is 5. The molecule has 4 saturated carbocycles. The maximum absolute atomic E-state index is 11.5. The Kier molecular flexibility index (Phi) is 3.01. The van der Waals surface area contributed by atoms with Crippen LogP contribution in [0.5, 0.6) is 0 Å². The van der Waals surface area contributed by atoms with E-state index in [1.165, 1.54) is 44.9 Å². The van der Waals surface area contributed by atoms with Crippen LogP contribution in [0.1, 0.15) is 71.6 Å². The highest BCUT2D eigenvalue weighted by Crippen LogP contribution is 2.67. The van der Waals surface area contributed by atoms with Crippen molar-refractivity contribution in [2.75, 3.05) is 0 Å². The molecule has 0 heterocycles. The molecule has 2 nitrogen and oxygen atoms in total. The Morgan fingerprint density at radius 3 is 2.62 bits per heavy atom. The van der Waals surface area contributed by atoms with Gasteiger partial charge in [0.2, 0.25) is 0 Å². The van der Waals surface area contributed by atoms with Gasteiger partial charge in [-0.3, -0.25) is 4.79 Å². The van der Waals surface area contributed by atoms with Crippen molar-refractivity contribution >= 4 is 5.97 Å². The minimum atomic E-state index is -0.538. The molecule has 7 atom stereocenters. The summed E-state index contributed by atoms with van der Waals surface area (Å²) in [7, 11) is 0. The van der Waals surface area contributed by atoms with Crippen molar-refractivity contribution in [2.24, 2.45) is 40.4 Å². The summed E-state index contributed by atoms with van der Waals surface area (Å²) in [4.78, 5) is 11.5. The monoisotopic (exact) mass is 290 g/mol. The molecule has 118 valence electrons. The van der Waals surface area contributed by atoms with Crippen LogP contribution in [0.3, 0.4) is 0 Å². The molecule has 0 amide bonds. The van der Waals surface area contributed by atoms with Crippen LogP contribution in [-0.2, 0) is 4.79 Å². The summed E-state index contributed by atoms with van der Waals surface area (Å²) < 4.78 is 0. The molecule has 0 aromatic carbocycles. The fourth-order valence-electron chi connectivity index (χ4n) is 7.38. The van der Waals surface area contributed by atoms with E-state index in [0.29, 0.717) is 16.7 Å². The Labute approximate surface area is 128 Å². The minimum absolute atomic E-state index is 0.0596. The Bertz CT molecular complexity index is 458. The summed E-state index contributed by atoms with van der Waals surface area (Å²) in [5.41, 5.74) is 0.949. The zero-order valence-electron chi connectivity index (χ0n) is 13.6. The van der Waals surface area contributed by atoms with E-state index in [-0.39, 0.29) is 5.92 Å². The van der Waals surface area contributed by atoms with Crippen LogP contribution in [0.15, 0.2) is 0 Å². The van der Waals surface area contributed by atoms with Gasteiger partial charge in [-0.15, -0.1) is 0 Å². The predicted octanol–water partition coefficient (Wildman–Crippen LogP) is 4.73. The van der Waals surface area contributed by atoms with Crippen molar-refractivity contribution in [3.05, 3.63) is 0 Å². The van der Waals surface area contributed by atoms with Gasteiger partial charge in [-0.2, -0.15) is 0 Å². The van der Waals surface area contributed by atoms with E-state index in [9.17, 15) is 9.90 Å². The molecule has 0 aromatic rings. The smallest absolute Gasteiger partial charge is 0.306 e. The number of carboxylic acids is 1. The van der Waals surface area contributed by atoms with E-state index in [1.807, 2.05) is 0 Å². The molecule has 0 saturated heterocycles. The van der Waals surface area contributed by atoms with Gasteiger partial charge in [-0.05, 0) is 85.9 Å². The van der Waals surface area contributed by atoms with Crippen molar-refractivity contribution in [3.63, 3.8) is 0 Å². The van der Waals surface area contributed by atoms with Crippen LogP contribution in [0.25, 0.3) is 0 Å². The molecule has 0 radical (unpaired) electrons. The fourth-order valence-corrected chi connectivity index (χ4v) is 7.38. The average molecular weight is 290 g/mol. The Morgan fingerprint density at radius 2 is 1.86 bits per heavy atom. The highest BCUT2D eigenvalue weighted by molar-refractivity contribution is 5.70. The standard InChI is InChI=1S/C19H30O2/c1-18-8-3-4-15(18)14-6-5-13-10-12(17(20)21)11-19(13,2)16(14)7-9-18/h12-16H,3-11H2,1-2H3,(H,20,21)/t12?,13-,14-,15-,16-,18-,19-/m0/s1. The lowest BCUT2D eigenvalue weighted by molar-refractivity contribution is -0.142.